The van der Waals surface area contributed by atoms with E-state index >= 15 is 0 Å². The Morgan fingerprint density at radius 1 is 1.35 bits per heavy atom. The van der Waals surface area contributed by atoms with E-state index in [4.69, 9.17) is 5.11 Å². The first kappa shape index (κ1) is 14.8. The molecule has 1 aliphatic rings. The molecule has 0 radical (unpaired) electrons. The number of hydrogen-bond donors (Lipinski definition) is 2. The molecule has 1 fully saturated rings. The molecule has 0 heterocycles. The van der Waals surface area contributed by atoms with Gasteiger partial charge >= 0.3 is 5.97 Å². The fourth-order valence-electron chi connectivity index (χ4n) is 2.46. The van der Waals surface area contributed by atoms with Gasteiger partial charge in [0.1, 0.15) is 5.25 Å². The Morgan fingerprint density at radius 2 is 1.94 bits per heavy atom. The molecular weight excluding hydrogens is 236 g/mol. The molecule has 0 aromatic carbocycles. The molecule has 0 spiro atoms. The van der Waals surface area contributed by atoms with Crippen molar-refractivity contribution < 1.29 is 15.0 Å². The summed E-state index contributed by atoms with van der Waals surface area (Å²) < 4.78 is 0. The SMILES string of the molecule is CC(C)C(SCC(O)CC1CCCC1)C(=O)O. The molecule has 17 heavy (non-hydrogen) atoms. The lowest BCUT2D eigenvalue weighted by molar-refractivity contribution is -0.137. The molecular formula is C13H24O3S. The van der Waals surface area contributed by atoms with Crippen LogP contribution >= 0.6 is 11.8 Å². The Labute approximate surface area is 108 Å². The summed E-state index contributed by atoms with van der Waals surface area (Å²) >= 11 is 1.38. The van der Waals surface area contributed by atoms with Gasteiger partial charge in [0.2, 0.25) is 0 Å². The van der Waals surface area contributed by atoms with Crippen LogP contribution in [0.5, 0.6) is 0 Å². The van der Waals surface area contributed by atoms with Crippen LogP contribution in [0.15, 0.2) is 0 Å². The third-order valence-electron chi connectivity index (χ3n) is 3.40. The molecule has 100 valence electrons. The topological polar surface area (TPSA) is 57.5 Å². The molecule has 0 aromatic heterocycles. The monoisotopic (exact) mass is 260 g/mol. The van der Waals surface area contributed by atoms with Crippen LogP contribution in [0, 0.1) is 11.8 Å². The molecule has 1 rings (SSSR count). The molecule has 0 amide bonds. The van der Waals surface area contributed by atoms with E-state index in [0.29, 0.717) is 11.7 Å². The number of carboxylic acids is 1. The first-order valence-corrected chi connectivity index (χ1v) is 7.58. The average Bonchev–Trinajstić information content (AvgIpc) is 2.69. The molecule has 0 aromatic rings. The van der Waals surface area contributed by atoms with E-state index in [1.165, 1.54) is 37.4 Å². The van der Waals surface area contributed by atoms with E-state index in [1.807, 2.05) is 13.8 Å². The predicted molar refractivity (Wildman–Crippen MR) is 71.3 cm³/mol. The van der Waals surface area contributed by atoms with E-state index in [-0.39, 0.29) is 12.0 Å². The Morgan fingerprint density at radius 3 is 2.41 bits per heavy atom. The number of carboxylic acid groups (broad SMARTS) is 1. The molecule has 2 N–H and O–H groups in total. The Kier molecular flexibility index (Phi) is 6.34. The van der Waals surface area contributed by atoms with Crippen molar-refractivity contribution in [2.75, 3.05) is 5.75 Å². The second-order valence-corrected chi connectivity index (χ2v) is 6.55. The van der Waals surface area contributed by atoms with Gasteiger partial charge in [-0.2, -0.15) is 0 Å². The molecule has 1 saturated carbocycles. The molecule has 0 saturated heterocycles. The summed E-state index contributed by atoms with van der Waals surface area (Å²) in [4.78, 5) is 11.0. The van der Waals surface area contributed by atoms with Crippen molar-refractivity contribution in [1.29, 1.82) is 0 Å². The van der Waals surface area contributed by atoms with E-state index in [9.17, 15) is 9.90 Å². The molecule has 2 atom stereocenters. The minimum Gasteiger partial charge on any atom is -0.480 e. The van der Waals surface area contributed by atoms with E-state index in [2.05, 4.69) is 0 Å². The molecule has 0 bridgehead atoms. The van der Waals surface area contributed by atoms with Crippen LogP contribution in [0.1, 0.15) is 46.0 Å². The zero-order chi connectivity index (χ0) is 12.8. The second-order valence-electron chi connectivity index (χ2n) is 5.38. The van der Waals surface area contributed by atoms with Crippen molar-refractivity contribution in [3.63, 3.8) is 0 Å². The standard InChI is InChI=1S/C13H24O3S/c1-9(2)12(13(15)16)17-8-11(14)7-10-5-3-4-6-10/h9-12,14H,3-8H2,1-2H3,(H,15,16). The first-order chi connectivity index (χ1) is 8.00. The van der Waals surface area contributed by atoms with Crippen molar-refractivity contribution in [2.45, 2.75) is 57.3 Å². The minimum atomic E-state index is -0.766. The van der Waals surface area contributed by atoms with Gasteiger partial charge in [0.05, 0.1) is 6.10 Å². The highest BCUT2D eigenvalue weighted by Gasteiger charge is 2.24. The molecule has 1 aliphatic carbocycles. The van der Waals surface area contributed by atoms with Gasteiger partial charge in [-0.3, -0.25) is 4.79 Å². The highest BCUT2D eigenvalue weighted by molar-refractivity contribution is 8.00. The fraction of sp³-hybridized carbons (Fsp3) is 0.923. The number of hydrogen-bond acceptors (Lipinski definition) is 3. The van der Waals surface area contributed by atoms with Crippen molar-refractivity contribution in [3.05, 3.63) is 0 Å². The lowest BCUT2D eigenvalue weighted by atomic mass is 10.0. The number of aliphatic hydroxyl groups excluding tert-OH is 1. The summed E-state index contributed by atoms with van der Waals surface area (Å²) in [5.41, 5.74) is 0. The Hall–Kier alpha value is -0.220. The summed E-state index contributed by atoms with van der Waals surface area (Å²) in [6.07, 6.45) is 5.53. The summed E-state index contributed by atoms with van der Waals surface area (Å²) in [5, 5.41) is 18.6. The molecule has 4 heteroatoms. The van der Waals surface area contributed by atoms with E-state index < -0.39 is 11.2 Å². The maximum atomic E-state index is 11.0. The van der Waals surface area contributed by atoms with Gasteiger partial charge in [0, 0.05) is 5.75 Å². The van der Waals surface area contributed by atoms with Crippen LogP contribution in [-0.2, 0) is 4.79 Å². The lowest BCUT2D eigenvalue weighted by Gasteiger charge is -2.19. The smallest absolute Gasteiger partial charge is 0.316 e. The highest BCUT2D eigenvalue weighted by Crippen LogP contribution is 2.30. The van der Waals surface area contributed by atoms with Crippen LogP contribution in [0.3, 0.4) is 0 Å². The Bertz CT molecular complexity index is 237. The van der Waals surface area contributed by atoms with Crippen LogP contribution < -0.4 is 0 Å². The van der Waals surface area contributed by atoms with Crippen molar-refractivity contribution in [2.24, 2.45) is 11.8 Å². The minimum absolute atomic E-state index is 0.108. The predicted octanol–water partition coefficient (Wildman–Crippen LogP) is 2.77. The van der Waals surface area contributed by atoms with Gasteiger partial charge in [-0.15, -0.1) is 11.8 Å². The van der Waals surface area contributed by atoms with Crippen LogP contribution in [0.25, 0.3) is 0 Å². The van der Waals surface area contributed by atoms with Gasteiger partial charge in [0.15, 0.2) is 0 Å². The number of thioether (sulfide) groups is 1. The number of carbonyl (C=O) groups is 1. The van der Waals surface area contributed by atoms with Crippen LogP contribution in [-0.4, -0.2) is 33.3 Å². The van der Waals surface area contributed by atoms with Crippen molar-refractivity contribution >= 4 is 17.7 Å². The number of rotatable bonds is 7. The number of aliphatic carboxylic acids is 1. The number of aliphatic hydroxyl groups is 1. The van der Waals surface area contributed by atoms with Gasteiger partial charge in [-0.1, -0.05) is 39.5 Å². The van der Waals surface area contributed by atoms with Gasteiger partial charge in [-0.05, 0) is 18.3 Å². The zero-order valence-corrected chi connectivity index (χ0v) is 11.6. The summed E-state index contributed by atoms with van der Waals surface area (Å²) in [6, 6.07) is 0. The normalized spacial score (nSPS) is 20.7. The van der Waals surface area contributed by atoms with E-state index in [0.717, 1.165) is 6.42 Å². The van der Waals surface area contributed by atoms with Crippen molar-refractivity contribution in [1.82, 2.24) is 0 Å². The average molecular weight is 260 g/mol. The molecule has 2 unspecified atom stereocenters. The van der Waals surface area contributed by atoms with Crippen LogP contribution in [0.4, 0.5) is 0 Å². The van der Waals surface area contributed by atoms with Gasteiger partial charge < -0.3 is 10.2 Å². The molecule has 3 nitrogen and oxygen atoms in total. The van der Waals surface area contributed by atoms with Gasteiger partial charge in [-0.25, -0.2) is 0 Å². The summed E-state index contributed by atoms with van der Waals surface area (Å²) in [6.45, 7) is 3.82. The summed E-state index contributed by atoms with van der Waals surface area (Å²) in [7, 11) is 0. The highest BCUT2D eigenvalue weighted by atomic mass is 32.2. The lowest BCUT2D eigenvalue weighted by Crippen LogP contribution is -2.25. The first-order valence-electron chi connectivity index (χ1n) is 6.53. The van der Waals surface area contributed by atoms with Crippen LogP contribution in [0.2, 0.25) is 0 Å². The third-order valence-corrected chi connectivity index (χ3v) is 5.08. The fourth-order valence-corrected chi connectivity index (χ4v) is 3.56. The quantitative estimate of drug-likeness (QED) is 0.739. The van der Waals surface area contributed by atoms with Gasteiger partial charge in [0.25, 0.3) is 0 Å². The maximum absolute atomic E-state index is 11.0. The maximum Gasteiger partial charge on any atom is 0.316 e. The zero-order valence-electron chi connectivity index (χ0n) is 10.8. The van der Waals surface area contributed by atoms with Crippen molar-refractivity contribution in [3.8, 4) is 0 Å². The third kappa shape index (κ3) is 5.30. The summed E-state index contributed by atoms with van der Waals surface area (Å²) in [5.74, 6) is 0.549. The largest absolute Gasteiger partial charge is 0.480 e. The second kappa shape index (κ2) is 7.27. The van der Waals surface area contributed by atoms with E-state index in [1.54, 1.807) is 0 Å². The molecule has 0 aliphatic heterocycles. The Balaban J connectivity index is 2.25.